The molecule has 3 rings (SSSR count). The predicted octanol–water partition coefficient (Wildman–Crippen LogP) is 1.05. The Kier molecular flexibility index (Phi) is 4.79. The lowest BCUT2D eigenvalue weighted by molar-refractivity contribution is 0.273. The van der Waals surface area contributed by atoms with Crippen LogP contribution in [0.25, 0.3) is 0 Å². The highest BCUT2D eigenvalue weighted by atomic mass is 32.2. The summed E-state index contributed by atoms with van der Waals surface area (Å²) in [6.07, 6.45) is 0.922. The van der Waals surface area contributed by atoms with Crippen LogP contribution in [-0.2, 0) is 29.5 Å². The minimum Gasteiger partial charge on any atom is -0.390 e. The summed E-state index contributed by atoms with van der Waals surface area (Å²) in [6, 6.07) is 10.5. The number of rotatable bonds is 5. The second-order valence-electron chi connectivity index (χ2n) is 5.77. The first-order valence-electron chi connectivity index (χ1n) is 7.75. The SMILES string of the molecule is O=S(=O)(CCN1CCCn2nc(CO)cc2C1)c1ccccc1. The quantitative estimate of drug-likeness (QED) is 0.884. The number of aliphatic hydroxyl groups excluding tert-OH is 1. The lowest BCUT2D eigenvalue weighted by Gasteiger charge is -2.19. The third-order valence-electron chi connectivity index (χ3n) is 4.08. The second-order valence-corrected chi connectivity index (χ2v) is 7.88. The van der Waals surface area contributed by atoms with Crippen LogP contribution in [0.1, 0.15) is 17.8 Å². The summed E-state index contributed by atoms with van der Waals surface area (Å²) in [5, 5.41) is 13.5. The second kappa shape index (κ2) is 6.82. The van der Waals surface area contributed by atoms with E-state index in [-0.39, 0.29) is 12.4 Å². The van der Waals surface area contributed by atoms with E-state index in [0.717, 1.165) is 25.2 Å². The number of hydrogen-bond donors (Lipinski definition) is 1. The fourth-order valence-electron chi connectivity index (χ4n) is 2.85. The van der Waals surface area contributed by atoms with Gasteiger partial charge in [0.2, 0.25) is 0 Å². The Labute approximate surface area is 136 Å². The zero-order valence-corrected chi connectivity index (χ0v) is 13.7. The van der Waals surface area contributed by atoms with Crippen molar-refractivity contribution in [3.05, 3.63) is 47.8 Å². The Bertz CT molecular complexity index is 756. The van der Waals surface area contributed by atoms with Crippen molar-refractivity contribution in [3.8, 4) is 0 Å². The Morgan fingerprint density at radius 3 is 2.70 bits per heavy atom. The summed E-state index contributed by atoms with van der Waals surface area (Å²) in [5.41, 5.74) is 1.70. The Morgan fingerprint density at radius 1 is 1.17 bits per heavy atom. The minimum atomic E-state index is -3.25. The van der Waals surface area contributed by atoms with Crippen LogP contribution >= 0.6 is 0 Å². The van der Waals surface area contributed by atoms with Crippen molar-refractivity contribution in [2.75, 3.05) is 18.8 Å². The lowest BCUT2D eigenvalue weighted by Crippen LogP contribution is -2.29. The molecule has 0 saturated carbocycles. The maximum Gasteiger partial charge on any atom is 0.179 e. The van der Waals surface area contributed by atoms with Gasteiger partial charge in [0.15, 0.2) is 9.84 Å². The van der Waals surface area contributed by atoms with E-state index in [0.29, 0.717) is 23.7 Å². The molecule has 1 aromatic heterocycles. The lowest BCUT2D eigenvalue weighted by atomic mass is 10.3. The Hall–Kier alpha value is -1.70. The number of hydrogen-bond acceptors (Lipinski definition) is 5. The number of nitrogens with zero attached hydrogens (tertiary/aromatic N) is 3. The number of aliphatic hydroxyl groups is 1. The maximum absolute atomic E-state index is 12.4. The molecule has 1 N–H and O–H groups in total. The highest BCUT2D eigenvalue weighted by Gasteiger charge is 2.20. The van der Waals surface area contributed by atoms with Gasteiger partial charge in [-0.1, -0.05) is 18.2 Å². The van der Waals surface area contributed by atoms with E-state index >= 15 is 0 Å². The molecule has 0 radical (unpaired) electrons. The van der Waals surface area contributed by atoms with E-state index in [9.17, 15) is 13.5 Å². The van der Waals surface area contributed by atoms with Crippen LogP contribution in [0.15, 0.2) is 41.3 Å². The topological polar surface area (TPSA) is 75.4 Å². The summed E-state index contributed by atoms with van der Waals surface area (Å²) in [5.74, 6) is 0.109. The average Bonchev–Trinajstić information content (AvgIpc) is 2.85. The van der Waals surface area contributed by atoms with Crippen LogP contribution in [0.2, 0.25) is 0 Å². The third-order valence-corrected chi connectivity index (χ3v) is 5.79. The van der Waals surface area contributed by atoms with Gasteiger partial charge in [0.25, 0.3) is 0 Å². The molecule has 0 amide bonds. The van der Waals surface area contributed by atoms with Crippen molar-refractivity contribution in [1.29, 1.82) is 0 Å². The summed E-state index contributed by atoms with van der Waals surface area (Å²) >= 11 is 0. The summed E-state index contributed by atoms with van der Waals surface area (Å²) in [6.45, 7) is 2.75. The average molecular weight is 335 g/mol. The first kappa shape index (κ1) is 16.2. The number of benzene rings is 1. The minimum absolute atomic E-state index is 0.0671. The molecule has 0 atom stereocenters. The van der Waals surface area contributed by atoms with Crippen molar-refractivity contribution in [1.82, 2.24) is 14.7 Å². The number of aromatic nitrogens is 2. The van der Waals surface area contributed by atoms with Crippen LogP contribution in [0.4, 0.5) is 0 Å². The van der Waals surface area contributed by atoms with Crippen molar-refractivity contribution in [3.63, 3.8) is 0 Å². The van der Waals surface area contributed by atoms with Gasteiger partial charge in [-0.25, -0.2) is 8.42 Å². The molecular weight excluding hydrogens is 314 g/mol. The van der Waals surface area contributed by atoms with Crippen LogP contribution in [0.5, 0.6) is 0 Å². The van der Waals surface area contributed by atoms with E-state index < -0.39 is 9.84 Å². The Morgan fingerprint density at radius 2 is 1.96 bits per heavy atom. The molecule has 0 fully saturated rings. The summed E-state index contributed by atoms with van der Waals surface area (Å²) in [4.78, 5) is 2.52. The van der Waals surface area contributed by atoms with Gasteiger partial charge in [0.1, 0.15) is 0 Å². The van der Waals surface area contributed by atoms with Gasteiger partial charge in [-0.3, -0.25) is 9.58 Å². The van der Waals surface area contributed by atoms with E-state index in [4.69, 9.17) is 0 Å². The number of fused-ring (bicyclic) bond motifs is 1. The van der Waals surface area contributed by atoms with Crippen LogP contribution in [-0.4, -0.2) is 47.0 Å². The zero-order valence-electron chi connectivity index (χ0n) is 12.9. The van der Waals surface area contributed by atoms with Crippen LogP contribution in [0.3, 0.4) is 0 Å². The highest BCUT2D eigenvalue weighted by Crippen LogP contribution is 2.15. The standard InChI is InChI=1S/C16H21N3O3S/c20-13-14-11-15-12-18(7-4-8-19(15)17-14)9-10-23(21,22)16-5-2-1-3-6-16/h1-3,5-6,11,20H,4,7-10,12-13H2. The smallest absolute Gasteiger partial charge is 0.179 e. The van der Waals surface area contributed by atoms with Gasteiger partial charge >= 0.3 is 0 Å². The molecule has 2 aromatic rings. The van der Waals surface area contributed by atoms with Gasteiger partial charge in [0, 0.05) is 26.2 Å². The largest absolute Gasteiger partial charge is 0.390 e. The molecule has 1 aromatic carbocycles. The van der Waals surface area contributed by atoms with Gasteiger partial charge in [0.05, 0.1) is 28.6 Å². The molecule has 0 aliphatic carbocycles. The van der Waals surface area contributed by atoms with Gasteiger partial charge in [-0.05, 0) is 24.6 Å². The van der Waals surface area contributed by atoms with E-state index in [1.54, 1.807) is 24.3 Å². The van der Waals surface area contributed by atoms with Crippen molar-refractivity contribution < 1.29 is 13.5 Å². The molecule has 1 aliphatic heterocycles. The molecule has 0 bridgehead atoms. The van der Waals surface area contributed by atoms with Crippen molar-refractivity contribution >= 4 is 9.84 Å². The van der Waals surface area contributed by atoms with E-state index in [2.05, 4.69) is 10.00 Å². The monoisotopic (exact) mass is 335 g/mol. The first-order valence-corrected chi connectivity index (χ1v) is 9.40. The molecule has 6 nitrogen and oxygen atoms in total. The normalized spacial score (nSPS) is 16.0. The highest BCUT2D eigenvalue weighted by molar-refractivity contribution is 7.91. The molecular formula is C16H21N3O3S. The molecule has 7 heteroatoms. The maximum atomic E-state index is 12.4. The van der Waals surface area contributed by atoms with Crippen molar-refractivity contribution in [2.45, 2.75) is 31.0 Å². The van der Waals surface area contributed by atoms with E-state index in [1.807, 2.05) is 16.8 Å². The van der Waals surface area contributed by atoms with E-state index in [1.165, 1.54) is 0 Å². The molecule has 2 heterocycles. The fraction of sp³-hybridized carbons (Fsp3) is 0.438. The predicted molar refractivity (Wildman–Crippen MR) is 86.5 cm³/mol. The third kappa shape index (κ3) is 3.80. The molecule has 23 heavy (non-hydrogen) atoms. The fourth-order valence-corrected chi connectivity index (χ4v) is 4.16. The zero-order chi connectivity index (χ0) is 16.3. The summed E-state index contributed by atoms with van der Waals surface area (Å²) < 4.78 is 26.7. The molecule has 0 saturated heterocycles. The number of aryl methyl sites for hydroxylation is 1. The molecule has 0 unspecified atom stereocenters. The van der Waals surface area contributed by atoms with Gasteiger partial charge in [-0.2, -0.15) is 5.10 Å². The summed E-state index contributed by atoms with van der Waals surface area (Å²) in [7, 11) is -3.25. The molecule has 124 valence electrons. The van der Waals surface area contributed by atoms with Gasteiger partial charge < -0.3 is 5.11 Å². The number of sulfone groups is 1. The molecule has 1 aliphatic rings. The van der Waals surface area contributed by atoms with Crippen molar-refractivity contribution in [2.24, 2.45) is 0 Å². The van der Waals surface area contributed by atoms with Gasteiger partial charge in [-0.15, -0.1) is 0 Å². The van der Waals surface area contributed by atoms with Crippen LogP contribution < -0.4 is 0 Å². The molecule has 0 spiro atoms. The Balaban J connectivity index is 1.66. The van der Waals surface area contributed by atoms with Crippen LogP contribution in [0, 0.1) is 0 Å². The first-order chi connectivity index (χ1) is 11.1.